The zero-order valence-electron chi connectivity index (χ0n) is 10.0. The first-order valence-corrected chi connectivity index (χ1v) is 6.77. The van der Waals surface area contributed by atoms with Crippen molar-refractivity contribution < 1.29 is 4.79 Å². The molecule has 0 saturated carbocycles. The molecule has 5 heteroatoms. The maximum absolute atomic E-state index is 11.9. The van der Waals surface area contributed by atoms with Gasteiger partial charge in [-0.1, -0.05) is 6.07 Å². The number of rotatable bonds is 2. The van der Waals surface area contributed by atoms with Gasteiger partial charge in [-0.15, -0.1) is 0 Å². The molecule has 0 radical (unpaired) electrons. The summed E-state index contributed by atoms with van der Waals surface area (Å²) in [5.41, 5.74) is 1.78. The van der Waals surface area contributed by atoms with Crippen LogP contribution in [0, 0.1) is 10.5 Å². The first-order chi connectivity index (χ1) is 7.90. The number of hydrogen-bond donors (Lipinski definition) is 2. The molecule has 0 bridgehead atoms. The van der Waals surface area contributed by atoms with E-state index in [-0.39, 0.29) is 11.9 Å². The Balaban J connectivity index is 2.70. The van der Waals surface area contributed by atoms with Gasteiger partial charge in [0.15, 0.2) is 5.11 Å². The first-order valence-electron chi connectivity index (χ1n) is 5.28. The van der Waals surface area contributed by atoms with Crippen LogP contribution in [0.3, 0.4) is 0 Å². The summed E-state index contributed by atoms with van der Waals surface area (Å²) in [5.74, 6) is -0.180. The predicted octanol–water partition coefficient (Wildman–Crippen LogP) is 2.61. The van der Waals surface area contributed by atoms with Crippen LogP contribution in [0.15, 0.2) is 18.2 Å². The molecule has 0 atom stereocenters. The van der Waals surface area contributed by atoms with Gasteiger partial charge in [0.05, 0.1) is 0 Å². The van der Waals surface area contributed by atoms with Gasteiger partial charge >= 0.3 is 0 Å². The third-order valence-corrected chi connectivity index (χ3v) is 3.46. The fourth-order valence-electron chi connectivity index (χ4n) is 1.21. The number of carbonyl (C=O) groups is 1. The minimum absolute atomic E-state index is 0.180. The van der Waals surface area contributed by atoms with Crippen molar-refractivity contribution in [2.75, 3.05) is 0 Å². The van der Waals surface area contributed by atoms with E-state index < -0.39 is 0 Å². The summed E-state index contributed by atoms with van der Waals surface area (Å²) in [4.78, 5) is 11.9. The number of hydrogen-bond acceptors (Lipinski definition) is 2. The SMILES string of the molecule is Cc1ccc(C(=O)NC(=S)NC(C)C)cc1I. The normalized spacial score (nSPS) is 10.2. The fraction of sp³-hybridized carbons (Fsp3) is 0.333. The summed E-state index contributed by atoms with van der Waals surface area (Å²) >= 11 is 7.23. The molecule has 2 N–H and O–H groups in total. The van der Waals surface area contributed by atoms with Crippen LogP contribution in [0.1, 0.15) is 29.8 Å². The Morgan fingerprint density at radius 1 is 1.41 bits per heavy atom. The van der Waals surface area contributed by atoms with Gasteiger partial charge in [0, 0.05) is 15.2 Å². The third-order valence-electron chi connectivity index (χ3n) is 2.08. The second-order valence-electron chi connectivity index (χ2n) is 4.05. The average molecular weight is 362 g/mol. The summed E-state index contributed by atoms with van der Waals surface area (Å²) in [6, 6.07) is 5.78. The molecule has 0 aliphatic rings. The zero-order valence-corrected chi connectivity index (χ0v) is 13.0. The van der Waals surface area contributed by atoms with Crippen molar-refractivity contribution in [2.45, 2.75) is 26.8 Å². The zero-order chi connectivity index (χ0) is 13.0. The molecule has 17 heavy (non-hydrogen) atoms. The lowest BCUT2D eigenvalue weighted by atomic mass is 10.1. The Bertz CT molecular complexity index is 446. The minimum Gasteiger partial charge on any atom is -0.360 e. The molecule has 0 aliphatic heterocycles. The van der Waals surface area contributed by atoms with Crippen molar-refractivity contribution in [3.8, 4) is 0 Å². The smallest absolute Gasteiger partial charge is 0.257 e. The van der Waals surface area contributed by atoms with Gasteiger partial charge in [0.1, 0.15) is 0 Å². The van der Waals surface area contributed by atoms with Crippen molar-refractivity contribution in [3.05, 3.63) is 32.9 Å². The third kappa shape index (κ3) is 4.59. The standard InChI is InChI=1S/C12H15IN2OS/c1-7(2)14-12(17)15-11(16)9-5-4-8(3)10(13)6-9/h4-7H,1-3H3,(H2,14,15,16,17). The van der Waals surface area contributed by atoms with E-state index in [1.165, 1.54) is 0 Å². The molecule has 0 heterocycles. The lowest BCUT2D eigenvalue weighted by molar-refractivity contribution is 0.0976. The fourth-order valence-corrected chi connectivity index (χ4v) is 2.05. The van der Waals surface area contributed by atoms with Crippen molar-refractivity contribution in [3.63, 3.8) is 0 Å². The highest BCUT2D eigenvalue weighted by Crippen LogP contribution is 2.13. The summed E-state index contributed by atoms with van der Waals surface area (Å²) in [5, 5.41) is 5.98. The molecule has 1 aromatic rings. The van der Waals surface area contributed by atoms with Gasteiger partial charge in [-0.3, -0.25) is 10.1 Å². The number of benzene rings is 1. The van der Waals surface area contributed by atoms with E-state index in [0.29, 0.717) is 10.7 Å². The van der Waals surface area contributed by atoms with Gasteiger partial charge in [0.2, 0.25) is 0 Å². The maximum atomic E-state index is 11.9. The van der Waals surface area contributed by atoms with Crippen LogP contribution in [0.25, 0.3) is 0 Å². The van der Waals surface area contributed by atoms with Crippen LogP contribution in [0.4, 0.5) is 0 Å². The largest absolute Gasteiger partial charge is 0.360 e. The molecule has 92 valence electrons. The van der Waals surface area contributed by atoms with E-state index in [2.05, 4.69) is 33.2 Å². The van der Waals surface area contributed by atoms with Crippen molar-refractivity contribution in [1.82, 2.24) is 10.6 Å². The summed E-state index contributed by atoms with van der Waals surface area (Å²) in [6.45, 7) is 5.94. The molecule has 0 unspecified atom stereocenters. The van der Waals surface area contributed by atoms with E-state index in [1.807, 2.05) is 32.9 Å². The monoisotopic (exact) mass is 362 g/mol. The molecule has 0 aliphatic carbocycles. The lowest BCUT2D eigenvalue weighted by Gasteiger charge is -2.12. The number of carbonyl (C=O) groups excluding carboxylic acids is 1. The Hall–Kier alpha value is -0.690. The van der Waals surface area contributed by atoms with E-state index in [1.54, 1.807) is 6.07 Å². The van der Waals surface area contributed by atoms with Gasteiger partial charge in [-0.05, 0) is 73.3 Å². The van der Waals surface area contributed by atoms with Crippen LogP contribution < -0.4 is 10.6 Å². The number of nitrogens with one attached hydrogen (secondary N) is 2. The molecule has 1 amide bonds. The number of halogens is 1. The van der Waals surface area contributed by atoms with Gasteiger partial charge in [-0.2, -0.15) is 0 Å². The first kappa shape index (κ1) is 14.4. The molecule has 1 rings (SSSR count). The topological polar surface area (TPSA) is 41.1 Å². The highest BCUT2D eigenvalue weighted by atomic mass is 127. The highest BCUT2D eigenvalue weighted by molar-refractivity contribution is 14.1. The molecular formula is C12H15IN2OS. The Kier molecular flexibility index (Phi) is 5.32. The summed E-state index contributed by atoms with van der Waals surface area (Å²) in [6.07, 6.45) is 0. The van der Waals surface area contributed by atoms with Crippen LogP contribution in [-0.4, -0.2) is 17.1 Å². The van der Waals surface area contributed by atoms with E-state index in [9.17, 15) is 4.79 Å². The van der Waals surface area contributed by atoms with E-state index in [0.717, 1.165) is 9.13 Å². The van der Waals surface area contributed by atoms with Crippen LogP contribution >= 0.6 is 34.8 Å². The van der Waals surface area contributed by atoms with Gasteiger partial charge in [0.25, 0.3) is 5.91 Å². The number of aryl methyl sites for hydroxylation is 1. The second-order valence-corrected chi connectivity index (χ2v) is 5.62. The summed E-state index contributed by atoms with van der Waals surface area (Å²) in [7, 11) is 0. The minimum atomic E-state index is -0.180. The number of thiocarbonyl (C=S) groups is 1. The average Bonchev–Trinajstić information content (AvgIpc) is 2.20. The Morgan fingerprint density at radius 3 is 2.59 bits per heavy atom. The van der Waals surface area contributed by atoms with Gasteiger partial charge < -0.3 is 5.32 Å². The lowest BCUT2D eigenvalue weighted by Crippen LogP contribution is -2.42. The van der Waals surface area contributed by atoms with Crippen LogP contribution in [-0.2, 0) is 0 Å². The van der Waals surface area contributed by atoms with Crippen molar-refractivity contribution >= 4 is 45.8 Å². The van der Waals surface area contributed by atoms with Crippen molar-refractivity contribution in [2.24, 2.45) is 0 Å². The molecule has 0 aromatic heterocycles. The van der Waals surface area contributed by atoms with Crippen LogP contribution in [0.2, 0.25) is 0 Å². The number of amides is 1. The molecule has 0 saturated heterocycles. The molecule has 3 nitrogen and oxygen atoms in total. The van der Waals surface area contributed by atoms with E-state index in [4.69, 9.17) is 12.2 Å². The van der Waals surface area contributed by atoms with Gasteiger partial charge in [-0.25, -0.2) is 0 Å². The van der Waals surface area contributed by atoms with Crippen molar-refractivity contribution in [1.29, 1.82) is 0 Å². The highest BCUT2D eigenvalue weighted by Gasteiger charge is 2.09. The predicted molar refractivity (Wildman–Crippen MR) is 82.2 cm³/mol. The van der Waals surface area contributed by atoms with Crippen LogP contribution in [0.5, 0.6) is 0 Å². The Morgan fingerprint density at radius 2 is 2.06 bits per heavy atom. The molecule has 1 aromatic carbocycles. The quantitative estimate of drug-likeness (QED) is 0.628. The molecule has 0 spiro atoms. The maximum Gasteiger partial charge on any atom is 0.257 e. The molecular weight excluding hydrogens is 347 g/mol. The van der Waals surface area contributed by atoms with E-state index >= 15 is 0 Å². The molecule has 0 fully saturated rings. The second kappa shape index (κ2) is 6.30. The summed E-state index contributed by atoms with van der Waals surface area (Å²) < 4.78 is 1.07. The Labute approximate surface area is 121 Å².